The number of hydrogen-bond donors (Lipinski definition) is 0. The molecule has 0 atom stereocenters. The van der Waals surface area contributed by atoms with Gasteiger partial charge in [-0.3, -0.25) is 0 Å². The van der Waals surface area contributed by atoms with Crippen molar-refractivity contribution in [1.82, 2.24) is 15.0 Å². The van der Waals surface area contributed by atoms with Gasteiger partial charge in [-0.05, 0) is 31.5 Å². The highest BCUT2D eigenvalue weighted by atomic mass is 35.5. The van der Waals surface area contributed by atoms with E-state index >= 15 is 0 Å². The molecule has 2 rings (SSSR count). The first-order valence-corrected chi connectivity index (χ1v) is 6.55. The fourth-order valence-corrected chi connectivity index (χ4v) is 2.39. The monoisotopic (exact) mass is 265 g/mol. The van der Waals surface area contributed by atoms with Crippen LogP contribution in [0.5, 0.6) is 0 Å². The van der Waals surface area contributed by atoms with E-state index in [1.807, 2.05) is 26.0 Å². The zero-order valence-electron chi connectivity index (χ0n) is 9.64. The predicted octanol–water partition coefficient (Wildman–Crippen LogP) is 3.43. The molecule has 2 aromatic rings. The van der Waals surface area contributed by atoms with Crippen LogP contribution >= 0.6 is 23.4 Å². The van der Waals surface area contributed by atoms with Gasteiger partial charge in [0, 0.05) is 23.3 Å². The zero-order valence-corrected chi connectivity index (χ0v) is 11.2. The molecule has 2 heterocycles. The summed E-state index contributed by atoms with van der Waals surface area (Å²) >= 11 is 7.33. The Labute approximate surface area is 110 Å². The number of aromatic nitrogens is 3. The van der Waals surface area contributed by atoms with E-state index in [4.69, 9.17) is 11.6 Å². The van der Waals surface area contributed by atoms with Crippen LogP contribution in [0, 0.1) is 13.8 Å². The van der Waals surface area contributed by atoms with E-state index in [1.54, 1.807) is 24.0 Å². The van der Waals surface area contributed by atoms with Crippen molar-refractivity contribution in [2.24, 2.45) is 0 Å². The molecule has 0 spiro atoms. The molecule has 5 heteroatoms. The van der Waals surface area contributed by atoms with E-state index in [1.165, 1.54) is 0 Å². The van der Waals surface area contributed by atoms with Gasteiger partial charge in [0.25, 0.3) is 0 Å². The highest BCUT2D eigenvalue weighted by Gasteiger charge is 2.02. The molecule has 0 saturated carbocycles. The van der Waals surface area contributed by atoms with E-state index in [9.17, 15) is 0 Å². The van der Waals surface area contributed by atoms with Gasteiger partial charge in [0.2, 0.25) is 0 Å². The Balaban J connectivity index is 2.04. The summed E-state index contributed by atoms with van der Waals surface area (Å²) in [7, 11) is 0. The van der Waals surface area contributed by atoms with Gasteiger partial charge in [-0.25, -0.2) is 15.0 Å². The lowest BCUT2D eigenvalue weighted by Crippen LogP contribution is -1.93. The SMILES string of the molecule is Cc1cc(C)nc(SCc2ccc(Cl)nc2)n1. The smallest absolute Gasteiger partial charge is 0.188 e. The predicted molar refractivity (Wildman–Crippen MR) is 70.3 cm³/mol. The van der Waals surface area contributed by atoms with Crippen LogP contribution in [-0.4, -0.2) is 15.0 Å². The van der Waals surface area contributed by atoms with Crippen molar-refractivity contribution in [2.75, 3.05) is 0 Å². The Bertz CT molecular complexity index is 493. The molecule has 2 aromatic heterocycles. The Kier molecular flexibility index (Phi) is 3.97. The van der Waals surface area contributed by atoms with E-state index in [0.29, 0.717) is 5.15 Å². The van der Waals surface area contributed by atoms with Gasteiger partial charge in [0.05, 0.1) is 0 Å². The largest absolute Gasteiger partial charge is 0.244 e. The molecule has 0 radical (unpaired) electrons. The van der Waals surface area contributed by atoms with E-state index in [0.717, 1.165) is 27.9 Å². The highest BCUT2D eigenvalue weighted by molar-refractivity contribution is 7.98. The molecular weight excluding hydrogens is 254 g/mol. The second kappa shape index (κ2) is 5.47. The molecular formula is C12H12ClN3S. The van der Waals surface area contributed by atoms with Crippen LogP contribution in [0.25, 0.3) is 0 Å². The molecule has 0 amide bonds. The minimum atomic E-state index is 0.515. The topological polar surface area (TPSA) is 38.7 Å². The summed E-state index contributed by atoms with van der Waals surface area (Å²) in [5.41, 5.74) is 3.10. The average Bonchev–Trinajstić information content (AvgIpc) is 2.27. The van der Waals surface area contributed by atoms with Crippen molar-refractivity contribution in [3.63, 3.8) is 0 Å². The molecule has 0 aliphatic heterocycles. The molecule has 3 nitrogen and oxygen atoms in total. The maximum absolute atomic E-state index is 5.73. The van der Waals surface area contributed by atoms with Crippen molar-refractivity contribution in [3.8, 4) is 0 Å². The number of halogens is 1. The third-order valence-electron chi connectivity index (χ3n) is 2.12. The fourth-order valence-electron chi connectivity index (χ4n) is 1.40. The minimum Gasteiger partial charge on any atom is -0.244 e. The summed E-state index contributed by atoms with van der Waals surface area (Å²) in [6.45, 7) is 3.95. The van der Waals surface area contributed by atoms with E-state index in [2.05, 4.69) is 15.0 Å². The standard InChI is InChI=1S/C12H12ClN3S/c1-8-5-9(2)16-12(15-8)17-7-10-3-4-11(13)14-6-10/h3-6H,7H2,1-2H3. The van der Waals surface area contributed by atoms with Crippen LogP contribution in [0.3, 0.4) is 0 Å². The number of pyridine rings is 1. The van der Waals surface area contributed by atoms with E-state index in [-0.39, 0.29) is 0 Å². The van der Waals surface area contributed by atoms with Crippen molar-refractivity contribution >= 4 is 23.4 Å². The highest BCUT2D eigenvalue weighted by Crippen LogP contribution is 2.19. The Morgan fingerprint density at radius 3 is 2.47 bits per heavy atom. The summed E-state index contributed by atoms with van der Waals surface area (Å²) in [6.07, 6.45) is 1.78. The molecule has 0 aliphatic rings. The van der Waals surface area contributed by atoms with Gasteiger partial charge in [0.1, 0.15) is 5.15 Å². The normalized spacial score (nSPS) is 10.5. The average molecular weight is 266 g/mol. The minimum absolute atomic E-state index is 0.515. The zero-order chi connectivity index (χ0) is 12.3. The lowest BCUT2D eigenvalue weighted by molar-refractivity contribution is 0.901. The van der Waals surface area contributed by atoms with Crippen molar-refractivity contribution < 1.29 is 0 Å². The summed E-state index contributed by atoms with van der Waals surface area (Å²) in [5, 5.41) is 1.32. The van der Waals surface area contributed by atoms with Crippen LogP contribution in [0.2, 0.25) is 5.15 Å². The Morgan fingerprint density at radius 1 is 1.18 bits per heavy atom. The van der Waals surface area contributed by atoms with Crippen LogP contribution in [0.1, 0.15) is 17.0 Å². The fraction of sp³-hybridized carbons (Fsp3) is 0.250. The molecule has 0 aliphatic carbocycles. The lowest BCUT2D eigenvalue weighted by Gasteiger charge is -2.03. The summed E-state index contributed by atoms with van der Waals surface area (Å²) in [4.78, 5) is 12.8. The summed E-state index contributed by atoms with van der Waals surface area (Å²) in [5.74, 6) is 0.799. The van der Waals surface area contributed by atoms with Gasteiger partial charge in [0.15, 0.2) is 5.16 Å². The maximum atomic E-state index is 5.73. The van der Waals surface area contributed by atoms with Crippen LogP contribution in [0.15, 0.2) is 29.6 Å². The van der Waals surface area contributed by atoms with Crippen LogP contribution < -0.4 is 0 Å². The molecule has 0 saturated heterocycles. The van der Waals surface area contributed by atoms with Crippen LogP contribution in [-0.2, 0) is 5.75 Å². The number of rotatable bonds is 3. The quantitative estimate of drug-likeness (QED) is 0.484. The molecule has 17 heavy (non-hydrogen) atoms. The molecule has 0 aromatic carbocycles. The molecule has 0 unspecified atom stereocenters. The van der Waals surface area contributed by atoms with Gasteiger partial charge in [-0.2, -0.15) is 0 Å². The van der Waals surface area contributed by atoms with E-state index < -0.39 is 0 Å². The lowest BCUT2D eigenvalue weighted by atomic mass is 10.3. The summed E-state index contributed by atoms with van der Waals surface area (Å²) < 4.78 is 0. The molecule has 88 valence electrons. The number of nitrogens with zero attached hydrogens (tertiary/aromatic N) is 3. The van der Waals surface area contributed by atoms with Crippen molar-refractivity contribution in [2.45, 2.75) is 24.8 Å². The first-order valence-electron chi connectivity index (χ1n) is 5.19. The summed E-state index contributed by atoms with van der Waals surface area (Å²) in [6, 6.07) is 5.72. The van der Waals surface area contributed by atoms with Gasteiger partial charge < -0.3 is 0 Å². The molecule has 0 N–H and O–H groups in total. The Morgan fingerprint density at radius 2 is 1.88 bits per heavy atom. The molecule has 0 bridgehead atoms. The third-order valence-corrected chi connectivity index (χ3v) is 3.26. The Hall–Kier alpha value is -1.13. The first-order chi connectivity index (χ1) is 8.13. The van der Waals surface area contributed by atoms with Crippen molar-refractivity contribution in [3.05, 3.63) is 46.5 Å². The number of aryl methyl sites for hydroxylation is 2. The van der Waals surface area contributed by atoms with Gasteiger partial charge >= 0.3 is 0 Å². The first kappa shape index (κ1) is 12.3. The molecule has 0 fully saturated rings. The maximum Gasteiger partial charge on any atom is 0.188 e. The second-order valence-corrected chi connectivity index (χ2v) is 5.04. The van der Waals surface area contributed by atoms with Crippen LogP contribution in [0.4, 0.5) is 0 Å². The third kappa shape index (κ3) is 3.68. The van der Waals surface area contributed by atoms with Gasteiger partial charge in [-0.15, -0.1) is 0 Å². The van der Waals surface area contributed by atoms with Gasteiger partial charge in [-0.1, -0.05) is 29.4 Å². The van der Waals surface area contributed by atoms with Crippen molar-refractivity contribution in [1.29, 1.82) is 0 Å². The number of hydrogen-bond acceptors (Lipinski definition) is 4. The number of thioether (sulfide) groups is 1. The second-order valence-electron chi connectivity index (χ2n) is 3.71.